The van der Waals surface area contributed by atoms with Crippen molar-refractivity contribution in [3.8, 4) is 5.75 Å². The number of hydrogen-bond acceptors (Lipinski definition) is 3. The van der Waals surface area contributed by atoms with Crippen molar-refractivity contribution in [3.63, 3.8) is 0 Å². The fraction of sp³-hybridized carbons (Fsp3) is 0.133. The number of nitrogens with zero attached hydrogens (tertiary/aromatic N) is 1. The molecule has 7 heteroatoms. The minimum Gasteiger partial charge on any atom is -0.492 e. The molecule has 0 aliphatic carbocycles. The van der Waals surface area contributed by atoms with Crippen LogP contribution in [0.3, 0.4) is 0 Å². The van der Waals surface area contributed by atoms with E-state index in [2.05, 4.69) is 5.32 Å². The van der Waals surface area contributed by atoms with Gasteiger partial charge in [0, 0.05) is 5.69 Å². The van der Waals surface area contributed by atoms with Crippen molar-refractivity contribution in [1.29, 1.82) is 0 Å². The lowest BCUT2D eigenvalue weighted by Crippen LogP contribution is -2.38. The number of anilines is 1. The molecule has 2 rings (SSSR count). The zero-order valence-corrected chi connectivity index (χ0v) is 12.5. The third-order valence-corrected chi connectivity index (χ3v) is 3.47. The lowest BCUT2D eigenvalue weighted by molar-refractivity contribution is 0.224. The Morgan fingerprint density at radius 2 is 1.68 bits per heavy atom. The molecule has 0 heterocycles. The molecule has 0 radical (unpaired) electrons. The minimum absolute atomic E-state index is 0.0172. The molecule has 0 aliphatic rings. The van der Waals surface area contributed by atoms with Gasteiger partial charge in [0.1, 0.15) is 12.4 Å². The van der Waals surface area contributed by atoms with Crippen LogP contribution in [-0.4, -0.2) is 32.2 Å². The quantitative estimate of drug-likeness (QED) is 0.802. The molecule has 0 fully saturated rings. The van der Waals surface area contributed by atoms with Crippen LogP contribution in [0.25, 0.3) is 0 Å². The fourth-order valence-electron chi connectivity index (χ4n) is 1.72. The maximum Gasteiger partial charge on any atom is 0.335 e. The largest absolute Gasteiger partial charge is 0.492 e. The van der Waals surface area contributed by atoms with Crippen LogP contribution in [0, 0.1) is 0 Å². The number of carbonyl (C=O) groups excluding carboxylic acids is 1. The van der Waals surface area contributed by atoms with Gasteiger partial charge in [-0.05, 0) is 24.3 Å². The molecule has 2 N–H and O–H groups in total. The average molecular weight is 320 g/mol. The van der Waals surface area contributed by atoms with Gasteiger partial charge in [-0.25, -0.2) is 13.3 Å². The van der Waals surface area contributed by atoms with Crippen molar-refractivity contribution < 1.29 is 18.3 Å². The molecule has 0 saturated heterocycles. The van der Waals surface area contributed by atoms with Gasteiger partial charge in [-0.1, -0.05) is 36.4 Å². The van der Waals surface area contributed by atoms with Gasteiger partial charge in [0.05, 0.1) is 6.54 Å². The van der Waals surface area contributed by atoms with E-state index < -0.39 is 17.3 Å². The molecule has 0 aromatic heterocycles. The van der Waals surface area contributed by atoms with Crippen molar-refractivity contribution in [2.75, 3.05) is 18.5 Å². The van der Waals surface area contributed by atoms with Crippen LogP contribution >= 0.6 is 0 Å². The van der Waals surface area contributed by atoms with Crippen LogP contribution in [0.15, 0.2) is 60.7 Å². The highest BCUT2D eigenvalue weighted by Crippen LogP contribution is 2.10. The molecular formula is C15H16N2O4S. The second-order valence-corrected chi connectivity index (χ2v) is 5.19. The Morgan fingerprint density at radius 3 is 2.27 bits per heavy atom. The molecule has 0 bridgehead atoms. The number of ether oxygens (including phenoxy) is 1. The summed E-state index contributed by atoms with van der Waals surface area (Å²) in [6, 6.07) is 17.1. The summed E-state index contributed by atoms with van der Waals surface area (Å²) in [7, 11) is 0. The number of nitrogens with one attached hydrogen (secondary N) is 1. The van der Waals surface area contributed by atoms with Crippen molar-refractivity contribution >= 4 is 23.0 Å². The number of urea groups is 1. The molecule has 0 saturated carbocycles. The van der Waals surface area contributed by atoms with E-state index in [0.29, 0.717) is 11.4 Å². The zero-order valence-electron chi connectivity index (χ0n) is 11.7. The number of rotatable bonds is 6. The van der Waals surface area contributed by atoms with Crippen molar-refractivity contribution in [1.82, 2.24) is 4.31 Å². The third-order valence-electron chi connectivity index (χ3n) is 2.75. The zero-order chi connectivity index (χ0) is 15.8. The summed E-state index contributed by atoms with van der Waals surface area (Å²) in [5, 5.41) is 2.55. The highest BCUT2D eigenvalue weighted by Gasteiger charge is 2.19. The molecule has 6 nitrogen and oxygen atoms in total. The summed E-state index contributed by atoms with van der Waals surface area (Å²) in [5.74, 6) is 0.634. The second kappa shape index (κ2) is 8.16. The predicted octanol–water partition coefficient (Wildman–Crippen LogP) is 2.74. The van der Waals surface area contributed by atoms with Gasteiger partial charge >= 0.3 is 6.03 Å². The summed E-state index contributed by atoms with van der Waals surface area (Å²) in [6.45, 7) is 0.0925. The van der Waals surface area contributed by atoms with E-state index in [1.165, 1.54) is 0 Å². The molecular weight excluding hydrogens is 304 g/mol. The number of benzene rings is 2. The van der Waals surface area contributed by atoms with E-state index in [0.717, 1.165) is 4.31 Å². The summed E-state index contributed by atoms with van der Waals surface area (Å²) in [5.41, 5.74) is 0.548. The van der Waals surface area contributed by atoms with E-state index in [-0.39, 0.29) is 13.2 Å². The van der Waals surface area contributed by atoms with Crippen LogP contribution in [0.1, 0.15) is 0 Å². The predicted molar refractivity (Wildman–Crippen MR) is 84.9 cm³/mol. The monoisotopic (exact) mass is 320 g/mol. The molecule has 2 aromatic rings. The standard InChI is InChI=1S/C15H16N2O4S/c18-15(16-13-7-3-1-4-8-13)17(22(19)20)11-12-21-14-9-5-2-6-10-14/h1-10H,11-12H2,(H,16,18)(H,19,20). The molecule has 22 heavy (non-hydrogen) atoms. The average Bonchev–Trinajstić information content (AvgIpc) is 2.53. The molecule has 0 spiro atoms. The van der Waals surface area contributed by atoms with E-state index in [4.69, 9.17) is 4.74 Å². The Balaban J connectivity index is 1.89. The van der Waals surface area contributed by atoms with Crippen molar-refractivity contribution in [3.05, 3.63) is 60.7 Å². The van der Waals surface area contributed by atoms with E-state index >= 15 is 0 Å². The first-order valence-corrected chi connectivity index (χ1v) is 7.65. The maximum atomic E-state index is 12.0. The molecule has 116 valence electrons. The van der Waals surface area contributed by atoms with E-state index in [1.807, 2.05) is 24.3 Å². The highest BCUT2D eigenvalue weighted by molar-refractivity contribution is 7.77. The first-order chi connectivity index (χ1) is 10.7. The van der Waals surface area contributed by atoms with Crippen LogP contribution < -0.4 is 10.1 Å². The van der Waals surface area contributed by atoms with E-state index in [1.54, 1.807) is 36.4 Å². The fourth-order valence-corrected chi connectivity index (χ4v) is 2.14. The number of carbonyl (C=O) groups is 1. The summed E-state index contributed by atoms with van der Waals surface area (Å²) in [6.07, 6.45) is 0. The van der Waals surface area contributed by atoms with Gasteiger partial charge in [-0.3, -0.25) is 4.55 Å². The summed E-state index contributed by atoms with van der Waals surface area (Å²) < 4.78 is 26.7. The Hall–Kier alpha value is -2.38. The summed E-state index contributed by atoms with van der Waals surface area (Å²) >= 11 is -2.42. The highest BCUT2D eigenvalue weighted by atomic mass is 32.2. The van der Waals surface area contributed by atoms with Crippen molar-refractivity contribution in [2.45, 2.75) is 0 Å². The van der Waals surface area contributed by atoms with Gasteiger partial charge in [0.15, 0.2) is 0 Å². The smallest absolute Gasteiger partial charge is 0.335 e. The lowest BCUT2D eigenvalue weighted by atomic mass is 10.3. The van der Waals surface area contributed by atoms with Crippen LogP contribution in [0.5, 0.6) is 5.75 Å². The first-order valence-electron chi connectivity index (χ1n) is 6.59. The van der Waals surface area contributed by atoms with Gasteiger partial charge < -0.3 is 10.1 Å². The number of para-hydroxylation sites is 2. The Kier molecular flexibility index (Phi) is 5.93. The first kappa shape index (κ1) is 16.0. The third kappa shape index (κ3) is 4.87. The van der Waals surface area contributed by atoms with Gasteiger partial charge in [-0.2, -0.15) is 0 Å². The number of hydrogen-bond donors (Lipinski definition) is 2. The topological polar surface area (TPSA) is 78.9 Å². The second-order valence-electron chi connectivity index (χ2n) is 4.29. The molecule has 0 aliphatic heterocycles. The Labute approximate surface area is 131 Å². The summed E-state index contributed by atoms with van der Waals surface area (Å²) in [4.78, 5) is 12.0. The maximum absolute atomic E-state index is 12.0. The van der Waals surface area contributed by atoms with Gasteiger partial charge in [0.25, 0.3) is 11.3 Å². The Bertz CT molecular complexity index is 622. The molecule has 1 unspecified atom stereocenters. The van der Waals surface area contributed by atoms with E-state index in [9.17, 15) is 13.6 Å². The van der Waals surface area contributed by atoms with Crippen LogP contribution in [0.4, 0.5) is 10.5 Å². The Morgan fingerprint density at radius 1 is 1.09 bits per heavy atom. The SMILES string of the molecule is O=C(Nc1ccccc1)N(CCOc1ccccc1)S(=O)O. The van der Waals surface area contributed by atoms with Gasteiger partial charge in [0.2, 0.25) is 0 Å². The molecule has 1 atom stereocenters. The van der Waals surface area contributed by atoms with Crippen LogP contribution in [0.2, 0.25) is 0 Å². The lowest BCUT2D eigenvalue weighted by Gasteiger charge is -2.18. The van der Waals surface area contributed by atoms with Crippen molar-refractivity contribution in [2.24, 2.45) is 0 Å². The molecule has 2 amide bonds. The normalized spacial score (nSPS) is 11.5. The number of amides is 2. The van der Waals surface area contributed by atoms with Gasteiger partial charge in [-0.15, -0.1) is 0 Å². The molecule has 2 aromatic carbocycles. The van der Waals surface area contributed by atoms with Crippen LogP contribution in [-0.2, 0) is 11.3 Å². The minimum atomic E-state index is -2.42.